The summed E-state index contributed by atoms with van der Waals surface area (Å²) in [4.78, 5) is 17.0. The van der Waals surface area contributed by atoms with E-state index in [2.05, 4.69) is 39.9 Å². The molecule has 7 heteroatoms. The highest BCUT2D eigenvalue weighted by atomic mass is 19.1. The van der Waals surface area contributed by atoms with Crippen molar-refractivity contribution >= 4 is 11.5 Å². The molecule has 3 aromatic rings. The first kappa shape index (κ1) is 23.8. The zero-order valence-electron chi connectivity index (χ0n) is 20.8. The molecule has 190 valence electrons. The molecule has 1 atom stereocenters. The van der Waals surface area contributed by atoms with Crippen molar-refractivity contribution in [2.75, 3.05) is 26.3 Å². The molecule has 37 heavy (non-hydrogen) atoms. The van der Waals surface area contributed by atoms with Crippen LogP contribution in [0.15, 0.2) is 72.6 Å². The van der Waals surface area contributed by atoms with Crippen LogP contribution in [0.1, 0.15) is 52.9 Å². The second-order valence-electron chi connectivity index (χ2n) is 10.4. The van der Waals surface area contributed by atoms with Crippen molar-refractivity contribution in [3.8, 4) is 5.75 Å². The first-order chi connectivity index (χ1) is 18.0. The van der Waals surface area contributed by atoms with Gasteiger partial charge in [-0.3, -0.25) is 9.78 Å². The molecular weight excluding hydrogens is 469 g/mol. The normalized spacial score (nSPS) is 18.8. The number of allylic oxidation sites excluding steroid dienone is 1. The summed E-state index contributed by atoms with van der Waals surface area (Å²) in [7, 11) is 0. The van der Waals surface area contributed by atoms with Gasteiger partial charge in [0.15, 0.2) is 0 Å². The Kier molecular flexibility index (Phi) is 6.26. The number of carbonyl (C=O) groups excluding carboxylic acids is 1. The van der Waals surface area contributed by atoms with Crippen molar-refractivity contribution in [3.05, 3.63) is 101 Å². The van der Waals surface area contributed by atoms with E-state index < -0.39 is 0 Å². The van der Waals surface area contributed by atoms with Crippen LogP contribution in [0.2, 0.25) is 0 Å². The smallest absolute Gasteiger partial charge is 0.253 e. The standard InChI is InChI=1S/C30H30FN3O3/c1-19(34-29(35)23-10-26(14-32-13-23)37-27-15-36-16-27)20-2-4-21(5-3-20)28(22-6-8-25(31)9-7-22)24-11-30(12-24)17-33-18-30/h2-10,13-14,19,27,33H,11-12,15-18H2,1H3,(H,34,35)/t19-/m1/s1. The van der Waals surface area contributed by atoms with Gasteiger partial charge in [-0.2, -0.15) is 0 Å². The maximum Gasteiger partial charge on any atom is 0.253 e. The summed E-state index contributed by atoms with van der Waals surface area (Å²) >= 11 is 0. The number of carbonyl (C=O) groups is 1. The number of pyridine rings is 1. The molecular formula is C30H30FN3O3. The van der Waals surface area contributed by atoms with Crippen molar-refractivity contribution < 1.29 is 18.7 Å². The lowest BCUT2D eigenvalue weighted by atomic mass is 9.60. The highest BCUT2D eigenvalue weighted by Crippen LogP contribution is 2.51. The lowest BCUT2D eigenvalue weighted by Crippen LogP contribution is -2.58. The Labute approximate surface area is 215 Å². The molecule has 0 radical (unpaired) electrons. The van der Waals surface area contributed by atoms with Gasteiger partial charge in [-0.1, -0.05) is 42.0 Å². The molecule has 1 saturated carbocycles. The summed E-state index contributed by atoms with van der Waals surface area (Å²) in [5.74, 6) is 0.128. The molecule has 3 fully saturated rings. The fraction of sp³-hybridized carbons (Fsp3) is 0.333. The van der Waals surface area contributed by atoms with Crippen LogP contribution in [-0.2, 0) is 4.74 Å². The van der Waals surface area contributed by atoms with Crippen LogP contribution in [0, 0.1) is 11.2 Å². The molecule has 1 spiro atoms. The van der Waals surface area contributed by atoms with Gasteiger partial charge in [0.05, 0.1) is 31.0 Å². The Hall–Kier alpha value is -3.55. The zero-order chi connectivity index (χ0) is 25.4. The predicted molar refractivity (Wildman–Crippen MR) is 139 cm³/mol. The first-order valence-corrected chi connectivity index (χ1v) is 12.8. The SMILES string of the molecule is C[C@@H](NC(=O)c1cncc(OC2COC2)c1)c1ccc(C(=C2CC3(CNC3)C2)c2ccc(F)cc2)cc1. The van der Waals surface area contributed by atoms with E-state index in [4.69, 9.17) is 9.47 Å². The Morgan fingerprint density at radius 2 is 1.73 bits per heavy atom. The molecule has 2 aromatic carbocycles. The van der Waals surface area contributed by atoms with Crippen LogP contribution in [0.3, 0.4) is 0 Å². The van der Waals surface area contributed by atoms with E-state index in [9.17, 15) is 9.18 Å². The fourth-order valence-corrected chi connectivity index (χ4v) is 5.33. The van der Waals surface area contributed by atoms with Crippen molar-refractivity contribution in [2.45, 2.75) is 31.9 Å². The molecule has 3 heterocycles. The van der Waals surface area contributed by atoms with E-state index in [0.717, 1.165) is 42.6 Å². The van der Waals surface area contributed by atoms with E-state index in [1.54, 1.807) is 18.5 Å². The minimum absolute atomic E-state index is 0.0168. The van der Waals surface area contributed by atoms with Crippen LogP contribution in [0.4, 0.5) is 4.39 Å². The first-order valence-electron chi connectivity index (χ1n) is 12.8. The largest absolute Gasteiger partial charge is 0.484 e. The molecule has 1 amide bonds. The Morgan fingerprint density at radius 3 is 2.32 bits per heavy atom. The van der Waals surface area contributed by atoms with Crippen LogP contribution in [-0.4, -0.2) is 43.3 Å². The number of benzene rings is 2. The molecule has 3 aliphatic rings. The topological polar surface area (TPSA) is 72.5 Å². The minimum atomic E-state index is -0.231. The number of amides is 1. The van der Waals surface area contributed by atoms with Crippen LogP contribution in [0.25, 0.3) is 5.57 Å². The second-order valence-corrected chi connectivity index (χ2v) is 10.4. The van der Waals surface area contributed by atoms with E-state index in [1.165, 1.54) is 23.3 Å². The average Bonchev–Trinajstić information content (AvgIpc) is 2.83. The summed E-state index contributed by atoms with van der Waals surface area (Å²) in [5.41, 5.74) is 6.62. The van der Waals surface area contributed by atoms with Gasteiger partial charge >= 0.3 is 0 Å². The van der Waals surface area contributed by atoms with Gasteiger partial charge in [0.2, 0.25) is 0 Å². The van der Waals surface area contributed by atoms with Gasteiger partial charge in [-0.25, -0.2) is 4.39 Å². The van der Waals surface area contributed by atoms with E-state index in [0.29, 0.717) is 29.9 Å². The number of nitrogens with one attached hydrogen (secondary N) is 2. The number of nitrogens with zero attached hydrogens (tertiary/aromatic N) is 1. The summed E-state index contributed by atoms with van der Waals surface area (Å²) in [6.07, 6.45) is 5.31. The molecule has 6 rings (SSSR count). The molecule has 1 aromatic heterocycles. The van der Waals surface area contributed by atoms with Gasteiger partial charge in [0.1, 0.15) is 17.7 Å². The van der Waals surface area contributed by atoms with E-state index in [-0.39, 0.29) is 23.9 Å². The number of ether oxygens (including phenoxy) is 2. The second kappa shape index (κ2) is 9.72. The third-order valence-corrected chi connectivity index (χ3v) is 7.60. The molecule has 2 aliphatic heterocycles. The van der Waals surface area contributed by atoms with Crippen LogP contribution >= 0.6 is 0 Å². The maximum absolute atomic E-state index is 13.6. The zero-order valence-corrected chi connectivity index (χ0v) is 20.8. The van der Waals surface area contributed by atoms with Gasteiger partial charge < -0.3 is 20.1 Å². The minimum Gasteiger partial charge on any atom is -0.484 e. The lowest BCUT2D eigenvalue weighted by molar-refractivity contribution is -0.0798. The summed E-state index contributed by atoms with van der Waals surface area (Å²) in [6, 6.07) is 16.6. The Morgan fingerprint density at radius 1 is 1.05 bits per heavy atom. The summed E-state index contributed by atoms with van der Waals surface area (Å²) in [5, 5.41) is 6.45. The third-order valence-electron chi connectivity index (χ3n) is 7.60. The van der Waals surface area contributed by atoms with Crippen molar-refractivity contribution in [1.82, 2.24) is 15.6 Å². The number of hydrogen-bond acceptors (Lipinski definition) is 5. The number of halogens is 1. The van der Waals surface area contributed by atoms with Gasteiger partial charge in [0.25, 0.3) is 5.91 Å². The number of hydrogen-bond donors (Lipinski definition) is 2. The molecule has 2 N–H and O–H groups in total. The summed E-state index contributed by atoms with van der Waals surface area (Å²) < 4.78 is 24.5. The monoisotopic (exact) mass is 499 g/mol. The quantitative estimate of drug-likeness (QED) is 0.494. The summed E-state index contributed by atoms with van der Waals surface area (Å²) in [6.45, 7) is 5.22. The number of rotatable bonds is 7. The number of aromatic nitrogens is 1. The highest BCUT2D eigenvalue weighted by Gasteiger charge is 2.46. The predicted octanol–water partition coefficient (Wildman–Crippen LogP) is 4.67. The lowest BCUT2D eigenvalue weighted by Gasteiger charge is -2.52. The Balaban J connectivity index is 1.17. The van der Waals surface area contributed by atoms with Crippen molar-refractivity contribution in [3.63, 3.8) is 0 Å². The third kappa shape index (κ3) is 4.89. The highest BCUT2D eigenvalue weighted by molar-refractivity contribution is 5.94. The fourth-order valence-electron chi connectivity index (χ4n) is 5.33. The van der Waals surface area contributed by atoms with Crippen LogP contribution in [0.5, 0.6) is 5.75 Å². The molecule has 2 saturated heterocycles. The van der Waals surface area contributed by atoms with Crippen LogP contribution < -0.4 is 15.4 Å². The van der Waals surface area contributed by atoms with Crippen molar-refractivity contribution in [2.24, 2.45) is 5.41 Å². The molecule has 6 nitrogen and oxygen atoms in total. The van der Waals surface area contributed by atoms with E-state index in [1.807, 2.05) is 19.1 Å². The molecule has 0 bridgehead atoms. The van der Waals surface area contributed by atoms with E-state index >= 15 is 0 Å². The van der Waals surface area contributed by atoms with Gasteiger partial charge in [0, 0.05) is 24.7 Å². The Bertz CT molecular complexity index is 1320. The van der Waals surface area contributed by atoms with Gasteiger partial charge in [-0.05, 0) is 60.2 Å². The molecule has 1 aliphatic carbocycles. The molecule has 0 unspecified atom stereocenters. The average molecular weight is 500 g/mol. The van der Waals surface area contributed by atoms with Crippen molar-refractivity contribution in [1.29, 1.82) is 0 Å². The maximum atomic E-state index is 13.6. The van der Waals surface area contributed by atoms with Gasteiger partial charge in [-0.15, -0.1) is 0 Å².